The van der Waals surface area contributed by atoms with Gasteiger partial charge in [0, 0.05) is 11.0 Å². The van der Waals surface area contributed by atoms with Gasteiger partial charge in [-0.3, -0.25) is 38.9 Å². The molecule has 0 unspecified atom stereocenters. The topological polar surface area (TPSA) is 516 Å². The summed E-state index contributed by atoms with van der Waals surface area (Å²) >= 11 is 4.08. The number of nitro benzene ring substituents is 1. The monoisotopic (exact) mass is 1310 g/mol. The van der Waals surface area contributed by atoms with Crippen LogP contribution >= 0.6 is 45.2 Å². The summed E-state index contributed by atoms with van der Waals surface area (Å²) in [5, 5.41) is 93.7. The Hall–Kier alpha value is -8.35. The second kappa shape index (κ2) is 34.3. The van der Waals surface area contributed by atoms with Crippen LogP contribution in [0, 0.1) is 29.6 Å². The molecule has 78 heavy (non-hydrogen) atoms. The molecule has 0 radical (unpaired) electrons. The van der Waals surface area contributed by atoms with Crippen molar-refractivity contribution >= 4 is 92.7 Å². The number of halogens is 2. The minimum atomic E-state index is -1.18. The SMILES string of the molecule is C#CCOc1ccc(C[C@H](N)C(=O)O)cc1I.N[C@@H](Cc1ccc(O)c(C=O)c1)C(=O)O.N[C@@H](Cc1ccc(O)c(I)c1)C(=O)O.N[C@@H](Cc1ccc(O)c([N+](=O)[O-])c1)C(=O)O.[N-]=[N+]=Nc1cc(C[C@H](N)C(=O)O)ccc1O. The maximum absolute atomic E-state index is 10.6. The lowest BCUT2D eigenvalue weighted by Gasteiger charge is -2.09. The van der Waals surface area contributed by atoms with E-state index in [1.807, 2.05) is 28.7 Å². The number of benzene rings is 5. The average molecular weight is 1310 g/mol. The van der Waals surface area contributed by atoms with E-state index in [0.29, 0.717) is 38.7 Å². The van der Waals surface area contributed by atoms with Gasteiger partial charge in [-0.1, -0.05) is 41.4 Å². The lowest BCUT2D eigenvalue weighted by Crippen LogP contribution is -2.32. The predicted octanol–water partition coefficient (Wildman–Crippen LogP) is 3.91. The van der Waals surface area contributed by atoms with Crippen LogP contribution in [-0.4, -0.2) is 124 Å². The molecule has 0 aliphatic carbocycles. The first-order chi connectivity index (χ1) is 36.5. The van der Waals surface area contributed by atoms with E-state index in [1.54, 1.807) is 24.3 Å². The number of carboxylic acids is 5. The highest BCUT2D eigenvalue weighted by Gasteiger charge is 2.19. The van der Waals surface area contributed by atoms with Crippen LogP contribution in [0.4, 0.5) is 11.4 Å². The van der Waals surface area contributed by atoms with E-state index < -0.39 is 76.4 Å². The lowest BCUT2D eigenvalue weighted by atomic mass is 10.0. The number of aldehydes is 1. The Morgan fingerprint density at radius 1 is 0.603 bits per heavy atom. The highest BCUT2D eigenvalue weighted by molar-refractivity contribution is 14.1. The quantitative estimate of drug-likeness (QED) is 0.00767. The molecule has 5 atom stereocenters. The van der Waals surface area contributed by atoms with Crippen LogP contribution in [0.1, 0.15) is 38.2 Å². The van der Waals surface area contributed by atoms with Crippen LogP contribution in [0.15, 0.2) is 96.1 Å². The summed E-state index contributed by atoms with van der Waals surface area (Å²) in [5.41, 5.74) is 38.0. The number of hydrogen-bond acceptors (Lipinski definition) is 19. The van der Waals surface area contributed by atoms with Gasteiger partial charge in [0.2, 0.25) is 0 Å². The van der Waals surface area contributed by atoms with Crippen molar-refractivity contribution in [3.8, 4) is 41.1 Å². The van der Waals surface area contributed by atoms with Crippen molar-refractivity contribution < 1.29 is 84.4 Å². The van der Waals surface area contributed by atoms with E-state index in [0.717, 1.165) is 26.8 Å². The number of carboxylic acid groups (broad SMARTS) is 5. The number of rotatable bonds is 20. The van der Waals surface area contributed by atoms with Crippen LogP contribution in [0.3, 0.4) is 0 Å². The van der Waals surface area contributed by atoms with Crippen molar-refractivity contribution in [3.05, 3.63) is 152 Å². The number of aromatic hydroxyl groups is 4. The van der Waals surface area contributed by atoms with Crippen molar-refractivity contribution in [2.45, 2.75) is 62.3 Å². The van der Waals surface area contributed by atoms with Gasteiger partial charge in [-0.25, -0.2) is 0 Å². The normalized spacial score (nSPS) is 11.9. The van der Waals surface area contributed by atoms with E-state index in [1.165, 1.54) is 48.5 Å². The van der Waals surface area contributed by atoms with Gasteiger partial charge in [0.1, 0.15) is 59.8 Å². The van der Waals surface area contributed by atoms with Gasteiger partial charge in [0.25, 0.3) is 0 Å². The summed E-state index contributed by atoms with van der Waals surface area (Å²) in [4.78, 5) is 75.4. The number of nitrogens with zero attached hydrogens (tertiary/aromatic N) is 4. The maximum Gasteiger partial charge on any atom is 0.320 e. The van der Waals surface area contributed by atoms with Gasteiger partial charge in [-0.05, 0) is 165 Å². The van der Waals surface area contributed by atoms with Gasteiger partial charge in [0.15, 0.2) is 12.0 Å². The first-order valence-electron chi connectivity index (χ1n) is 21.9. The number of hydrogen-bond donors (Lipinski definition) is 14. The zero-order chi connectivity index (χ0) is 59.4. The number of terminal acetylenes is 1. The fourth-order valence-corrected chi connectivity index (χ4v) is 7.10. The first kappa shape index (κ1) is 67.7. The van der Waals surface area contributed by atoms with E-state index in [4.69, 9.17) is 76.0 Å². The number of phenolic OH excluding ortho intramolecular Hbond substituents is 4. The molecule has 5 rings (SSSR count). The van der Waals surface area contributed by atoms with E-state index >= 15 is 0 Å². The molecular weight excluding hydrogens is 1260 g/mol. The number of carbonyl (C=O) groups is 6. The maximum atomic E-state index is 10.6. The first-order valence-corrected chi connectivity index (χ1v) is 24.0. The summed E-state index contributed by atoms with van der Waals surface area (Å²) < 4.78 is 6.88. The molecule has 5 aromatic rings. The van der Waals surface area contributed by atoms with Crippen molar-refractivity contribution in [1.29, 1.82) is 0 Å². The lowest BCUT2D eigenvalue weighted by molar-refractivity contribution is -0.385. The molecule has 0 aromatic heterocycles. The Morgan fingerprint density at radius 2 is 0.962 bits per heavy atom. The second-order valence-electron chi connectivity index (χ2n) is 15.9. The molecule has 0 spiro atoms. The van der Waals surface area contributed by atoms with Gasteiger partial charge in [-0.2, -0.15) is 0 Å². The van der Waals surface area contributed by atoms with Gasteiger partial charge in [0.05, 0.1) is 23.3 Å². The smallest absolute Gasteiger partial charge is 0.320 e. The van der Waals surface area contributed by atoms with Crippen LogP contribution < -0.4 is 33.4 Å². The summed E-state index contributed by atoms with van der Waals surface area (Å²) in [7, 11) is 0. The zero-order valence-corrected chi connectivity index (χ0v) is 44.9. The molecule has 0 amide bonds. The molecule has 0 heterocycles. The molecule has 29 heteroatoms. The zero-order valence-electron chi connectivity index (χ0n) is 40.6. The Balaban J connectivity index is 0.000000488. The van der Waals surface area contributed by atoms with Crippen molar-refractivity contribution in [2.24, 2.45) is 33.8 Å². The van der Waals surface area contributed by atoms with Gasteiger partial charge < -0.3 is 79.4 Å². The van der Waals surface area contributed by atoms with Crippen LogP contribution in [0.25, 0.3) is 10.4 Å². The molecule has 5 aromatic carbocycles. The number of azide groups is 1. The molecule has 416 valence electrons. The number of carbonyl (C=O) groups excluding carboxylic acids is 1. The summed E-state index contributed by atoms with van der Waals surface area (Å²) in [5.74, 6) is -2.91. The number of nitrogens with two attached hydrogens (primary N) is 5. The summed E-state index contributed by atoms with van der Waals surface area (Å²) in [6.45, 7) is 0.212. The Labute approximate surface area is 470 Å². The fourth-order valence-electron chi connectivity index (χ4n) is 5.78. The average Bonchev–Trinajstić information content (AvgIpc) is 3.37. The number of ether oxygens (including phenoxy) is 1. The Morgan fingerprint density at radius 3 is 1.33 bits per heavy atom. The predicted molar refractivity (Wildman–Crippen MR) is 296 cm³/mol. The molecule has 0 aliphatic rings. The molecule has 0 saturated carbocycles. The molecule has 0 fully saturated rings. The van der Waals surface area contributed by atoms with Gasteiger partial charge >= 0.3 is 35.5 Å². The number of nitro groups is 1. The third kappa shape index (κ3) is 25.0. The van der Waals surface area contributed by atoms with Crippen LogP contribution in [0.2, 0.25) is 0 Å². The highest BCUT2D eigenvalue weighted by Crippen LogP contribution is 2.29. The highest BCUT2D eigenvalue weighted by atomic mass is 127. The van der Waals surface area contributed by atoms with E-state index in [9.17, 15) is 54.2 Å². The minimum absolute atomic E-state index is 0.0313. The third-order valence-electron chi connectivity index (χ3n) is 9.83. The largest absolute Gasteiger partial charge is 0.507 e. The summed E-state index contributed by atoms with van der Waals surface area (Å²) in [6, 6.07) is 17.6. The van der Waals surface area contributed by atoms with Crippen LogP contribution in [-0.2, 0) is 56.1 Å². The Kier molecular flexibility index (Phi) is 29.8. The minimum Gasteiger partial charge on any atom is -0.507 e. The molecule has 0 saturated heterocycles. The molecule has 0 bridgehead atoms. The van der Waals surface area contributed by atoms with Crippen molar-refractivity contribution in [1.82, 2.24) is 0 Å². The van der Waals surface area contributed by atoms with Crippen LogP contribution in [0.5, 0.6) is 28.7 Å². The van der Waals surface area contributed by atoms with E-state index in [2.05, 4.69) is 38.5 Å². The third-order valence-corrected chi connectivity index (χ3v) is 11.5. The molecule has 0 aliphatic heterocycles. The molecule has 27 nitrogen and oxygen atoms in total. The summed E-state index contributed by atoms with van der Waals surface area (Å²) in [6.07, 6.45) is 6.35. The van der Waals surface area contributed by atoms with Crippen molar-refractivity contribution in [2.75, 3.05) is 6.61 Å². The number of phenols is 4. The molecular formula is C49H53I2N9O18. The fraction of sp³-hybridized carbons (Fsp3) is 0.224. The molecule has 19 N–H and O–H groups in total. The van der Waals surface area contributed by atoms with E-state index in [-0.39, 0.29) is 60.8 Å². The Bertz CT molecular complexity index is 2940. The van der Waals surface area contributed by atoms with Gasteiger partial charge in [-0.15, -0.1) is 6.42 Å². The van der Waals surface area contributed by atoms with Crippen molar-refractivity contribution in [3.63, 3.8) is 0 Å². The number of aliphatic carboxylic acids is 5. The standard InChI is InChI=1S/C12H12INO3.C10H11NO4.C9H10INO3.C9H10N4O3.C9H10N2O5/c1-2-5-17-11-4-3-8(6-9(11)13)7-10(14)12(15)16;11-8(10(14)15)4-6-1-2-9(13)7(3-6)5-12;10-6-3-5(1-2-8(6)12)4-7(11)9(13)14;10-6(9(15)16)3-5-1-2-8(14)7(4-5)12-13-11;10-6(9(13)14)3-5-1-2-8(12)7(4-5)11(15)16/h1,3-4,6,10H,5,7,14H2,(H,15,16);1-3,5,8,13H,4,11H2,(H,14,15);1-3,7,12H,4,11H2,(H,13,14);1-2,4,6,14H,3,10H2,(H,15,16);1-2,4,6,12H,3,10H2,(H,13,14)/t10-;8-;7-;2*6-/m00000/s1. The second-order valence-corrected chi connectivity index (χ2v) is 18.2.